The molecule has 2 rings (SSSR count). The Balaban J connectivity index is 2.24. The van der Waals surface area contributed by atoms with E-state index in [0.29, 0.717) is 0 Å². The molecule has 0 fully saturated rings. The van der Waals surface area contributed by atoms with Crippen molar-refractivity contribution in [1.29, 1.82) is 0 Å². The van der Waals surface area contributed by atoms with Crippen LogP contribution < -0.4 is 0 Å². The van der Waals surface area contributed by atoms with Crippen molar-refractivity contribution in [2.75, 3.05) is 5.75 Å². The van der Waals surface area contributed by atoms with Gasteiger partial charge in [-0.3, -0.25) is 4.98 Å². The molecule has 0 saturated heterocycles. The maximum Gasteiger partial charge on any atom is 0.0273 e. The molecular weight excluding hydrogens is 202 g/mol. The van der Waals surface area contributed by atoms with Gasteiger partial charge in [0.2, 0.25) is 0 Å². The monoisotopic (exact) mass is 215 g/mol. The van der Waals surface area contributed by atoms with Gasteiger partial charge in [0.1, 0.15) is 0 Å². The van der Waals surface area contributed by atoms with E-state index in [0.717, 1.165) is 12.2 Å². The Bertz CT molecular complexity index is 408. The van der Waals surface area contributed by atoms with Gasteiger partial charge in [0, 0.05) is 12.4 Å². The summed E-state index contributed by atoms with van der Waals surface area (Å²) < 4.78 is 0. The second kappa shape index (κ2) is 4.99. The number of hydrogen-bond acceptors (Lipinski definition) is 2. The van der Waals surface area contributed by atoms with Crippen molar-refractivity contribution in [3.63, 3.8) is 0 Å². The standard InChI is InChI=1S/C13H13NS/c15-10-7-11-1-3-12(4-2-11)13-5-8-14-9-6-13/h1-6,8-9,15H,7,10H2. The van der Waals surface area contributed by atoms with Crippen LogP contribution >= 0.6 is 12.6 Å². The van der Waals surface area contributed by atoms with Crippen LogP contribution in [0.25, 0.3) is 11.1 Å². The summed E-state index contributed by atoms with van der Waals surface area (Å²) in [7, 11) is 0. The summed E-state index contributed by atoms with van der Waals surface area (Å²) in [4.78, 5) is 4.01. The van der Waals surface area contributed by atoms with Crippen LogP contribution in [-0.2, 0) is 6.42 Å². The molecule has 1 aromatic heterocycles. The molecule has 1 nitrogen and oxygen atoms in total. The van der Waals surface area contributed by atoms with E-state index in [9.17, 15) is 0 Å². The molecule has 0 amide bonds. The molecule has 2 aromatic rings. The quantitative estimate of drug-likeness (QED) is 0.776. The molecule has 0 saturated carbocycles. The van der Waals surface area contributed by atoms with Gasteiger partial charge in [-0.25, -0.2) is 0 Å². The second-order valence-corrected chi connectivity index (χ2v) is 3.85. The third kappa shape index (κ3) is 2.60. The molecule has 0 spiro atoms. The Morgan fingerprint density at radius 1 is 0.867 bits per heavy atom. The number of thiol groups is 1. The summed E-state index contributed by atoms with van der Waals surface area (Å²) in [5.41, 5.74) is 3.78. The molecule has 0 aliphatic heterocycles. The highest BCUT2D eigenvalue weighted by Crippen LogP contribution is 2.18. The van der Waals surface area contributed by atoms with Crippen LogP contribution in [0.5, 0.6) is 0 Å². The maximum atomic E-state index is 4.22. The molecule has 0 aliphatic carbocycles. The third-order valence-electron chi connectivity index (χ3n) is 2.37. The van der Waals surface area contributed by atoms with Crippen molar-refractivity contribution < 1.29 is 0 Å². The molecule has 0 bridgehead atoms. The Kier molecular flexibility index (Phi) is 3.41. The van der Waals surface area contributed by atoms with E-state index >= 15 is 0 Å². The molecule has 15 heavy (non-hydrogen) atoms. The number of hydrogen-bond donors (Lipinski definition) is 1. The number of aromatic nitrogens is 1. The minimum Gasteiger partial charge on any atom is -0.265 e. The van der Waals surface area contributed by atoms with E-state index in [2.05, 4.69) is 41.9 Å². The van der Waals surface area contributed by atoms with Crippen molar-refractivity contribution in [3.8, 4) is 11.1 Å². The van der Waals surface area contributed by atoms with Gasteiger partial charge >= 0.3 is 0 Å². The van der Waals surface area contributed by atoms with Crippen LogP contribution in [0.4, 0.5) is 0 Å². The molecule has 76 valence electrons. The summed E-state index contributed by atoms with van der Waals surface area (Å²) in [6.07, 6.45) is 4.66. The SMILES string of the molecule is SCCc1ccc(-c2ccncc2)cc1. The maximum absolute atomic E-state index is 4.22. The van der Waals surface area contributed by atoms with Crippen LogP contribution in [0.3, 0.4) is 0 Å². The van der Waals surface area contributed by atoms with Gasteiger partial charge in [-0.2, -0.15) is 12.6 Å². The molecule has 1 aromatic carbocycles. The molecule has 1 heterocycles. The van der Waals surface area contributed by atoms with Crippen molar-refractivity contribution in [1.82, 2.24) is 4.98 Å². The van der Waals surface area contributed by atoms with Crippen molar-refractivity contribution >= 4 is 12.6 Å². The first-order chi connectivity index (χ1) is 7.40. The number of rotatable bonds is 3. The minimum atomic E-state index is 0.897. The van der Waals surface area contributed by atoms with Crippen LogP contribution in [0.1, 0.15) is 5.56 Å². The summed E-state index contributed by atoms with van der Waals surface area (Å²) in [6, 6.07) is 12.7. The first-order valence-electron chi connectivity index (χ1n) is 5.00. The lowest BCUT2D eigenvalue weighted by molar-refractivity contribution is 1.16. The molecule has 0 N–H and O–H groups in total. The zero-order valence-electron chi connectivity index (χ0n) is 8.43. The highest BCUT2D eigenvalue weighted by Gasteiger charge is 1.96. The first kappa shape index (κ1) is 10.2. The lowest BCUT2D eigenvalue weighted by Gasteiger charge is -2.02. The van der Waals surface area contributed by atoms with E-state index in [1.54, 1.807) is 0 Å². The largest absolute Gasteiger partial charge is 0.265 e. The molecular formula is C13H13NS. The van der Waals surface area contributed by atoms with E-state index in [4.69, 9.17) is 0 Å². The van der Waals surface area contributed by atoms with Crippen molar-refractivity contribution in [2.24, 2.45) is 0 Å². The zero-order chi connectivity index (χ0) is 10.5. The summed E-state index contributed by atoms with van der Waals surface area (Å²) in [6.45, 7) is 0. The average molecular weight is 215 g/mol. The first-order valence-corrected chi connectivity index (χ1v) is 5.63. The Morgan fingerprint density at radius 3 is 2.07 bits per heavy atom. The van der Waals surface area contributed by atoms with E-state index in [1.807, 2.05) is 24.5 Å². The Hall–Kier alpha value is -1.28. The molecule has 0 radical (unpaired) electrons. The Labute approximate surface area is 95.6 Å². The fourth-order valence-electron chi connectivity index (χ4n) is 1.54. The van der Waals surface area contributed by atoms with Gasteiger partial charge in [0.15, 0.2) is 0 Å². The van der Waals surface area contributed by atoms with Gasteiger partial charge in [-0.1, -0.05) is 24.3 Å². The minimum absolute atomic E-state index is 0.897. The molecule has 0 aliphatic rings. The second-order valence-electron chi connectivity index (χ2n) is 3.41. The smallest absolute Gasteiger partial charge is 0.0273 e. The number of benzene rings is 1. The van der Waals surface area contributed by atoms with Gasteiger partial charge in [-0.05, 0) is 41.0 Å². The van der Waals surface area contributed by atoms with Gasteiger partial charge in [0.05, 0.1) is 0 Å². The predicted molar refractivity (Wildman–Crippen MR) is 67.2 cm³/mol. The predicted octanol–water partition coefficient (Wildman–Crippen LogP) is 3.22. The lowest BCUT2D eigenvalue weighted by atomic mass is 10.0. The molecule has 0 atom stereocenters. The summed E-state index contributed by atoms with van der Waals surface area (Å²) in [5, 5.41) is 0. The number of aryl methyl sites for hydroxylation is 1. The topological polar surface area (TPSA) is 12.9 Å². The highest BCUT2D eigenvalue weighted by molar-refractivity contribution is 7.80. The van der Waals surface area contributed by atoms with Gasteiger partial charge < -0.3 is 0 Å². The number of nitrogens with zero attached hydrogens (tertiary/aromatic N) is 1. The molecule has 0 unspecified atom stereocenters. The number of pyridine rings is 1. The zero-order valence-corrected chi connectivity index (χ0v) is 9.32. The highest BCUT2D eigenvalue weighted by atomic mass is 32.1. The lowest BCUT2D eigenvalue weighted by Crippen LogP contribution is -1.85. The van der Waals surface area contributed by atoms with E-state index in [1.165, 1.54) is 16.7 Å². The van der Waals surface area contributed by atoms with Crippen LogP contribution in [0, 0.1) is 0 Å². The van der Waals surface area contributed by atoms with Crippen LogP contribution in [0.2, 0.25) is 0 Å². The fraction of sp³-hybridized carbons (Fsp3) is 0.154. The van der Waals surface area contributed by atoms with Crippen LogP contribution in [-0.4, -0.2) is 10.7 Å². The van der Waals surface area contributed by atoms with Crippen LogP contribution in [0.15, 0.2) is 48.8 Å². The van der Waals surface area contributed by atoms with Gasteiger partial charge in [-0.15, -0.1) is 0 Å². The Morgan fingerprint density at radius 2 is 1.47 bits per heavy atom. The summed E-state index contributed by atoms with van der Waals surface area (Å²) in [5.74, 6) is 0.897. The van der Waals surface area contributed by atoms with E-state index in [-0.39, 0.29) is 0 Å². The normalized spacial score (nSPS) is 10.2. The van der Waals surface area contributed by atoms with Gasteiger partial charge in [0.25, 0.3) is 0 Å². The average Bonchev–Trinajstić information content (AvgIpc) is 2.32. The van der Waals surface area contributed by atoms with Crippen molar-refractivity contribution in [3.05, 3.63) is 54.4 Å². The molecule has 2 heteroatoms. The van der Waals surface area contributed by atoms with Crippen molar-refractivity contribution in [2.45, 2.75) is 6.42 Å². The fourth-order valence-corrected chi connectivity index (χ4v) is 1.80. The summed E-state index contributed by atoms with van der Waals surface area (Å²) >= 11 is 4.22. The third-order valence-corrected chi connectivity index (χ3v) is 2.59. The van der Waals surface area contributed by atoms with E-state index < -0.39 is 0 Å².